The van der Waals surface area contributed by atoms with Gasteiger partial charge in [0.15, 0.2) is 5.17 Å². The number of thioether (sulfide) groups is 1. The van der Waals surface area contributed by atoms with Crippen LogP contribution in [0.2, 0.25) is 10.0 Å². The summed E-state index contributed by atoms with van der Waals surface area (Å²) >= 11 is 14.1. The molecule has 1 atom stereocenters. The normalized spacial score (nSPS) is 16.1. The molecule has 0 fully saturated rings. The molecule has 0 spiro atoms. The summed E-state index contributed by atoms with van der Waals surface area (Å²) in [6, 6.07) is 5.77. The van der Waals surface area contributed by atoms with Crippen LogP contribution >= 0.6 is 35.0 Å². The van der Waals surface area contributed by atoms with Gasteiger partial charge in [-0.25, -0.2) is 0 Å². The van der Waals surface area contributed by atoms with Crippen LogP contribution in [0, 0.1) is 0 Å². The van der Waals surface area contributed by atoms with Crippen LogP contribution < -0.4 is 5.32 Å². The standard InChI is InChI=1S/C14H16Cl2N2S/c1-9(2)8-12(18-14-17-6-7-19-14)10-4-3-5-11(15)13(10)16/h3-5,12H,1,6-8H2,2H3,(H,17,18). The molecule has 0 radical (unpaired) electrons. The topological polar surface area (TPSA) is 24.4 Å². The lowest BCUT2D eigenvalue weighted by atomic mass is 10.0. The van der Waals surface area contributed by atoms with Gasteiger partial charge in [0.05, 0.1) is 22.6 Å². The Morgan fingerprint density at radius 1 is 1.53 bits per heavy atom. The Bertz CT molecular complexity index is 514. The van der Waals surface area contributed by atoms with E-state index in [2.05, 4.69) is 16.9 Å². The second-order valence-corrected chi connectivity index (χ2v) is 6.41. The lowest BCUT2D eigenvalue weighted by Gasteiger charge is -2.21. The Labute approximate surface area is 128 Å². The highest BCUT2D eigenvalue weighted by Crippen LogP contribution is 2.33. The number of aliphatic imine (C=N–C) groups is 1. The molecular formula is C14H16Cl2N2S. The largest absolute Gasteiger partial charge is 0.358 e. The Kier molecular flexibility index (Phi) is 5.20. The van der Waals surface area contributed by atoms with Gasteiger partial charge in [-0.2, -0.15) is 0 Å². The third kappa shape index (κ3) is 3.91. The number of nitrogens with zero attached hydrogens (tertiary/aromatic N) is 1. The fourth-order valence-corrected chi connectivity index (χ4v) is 3.17. The molecule has 0 saturated carbocycles. The third-order valence-electron chi connectivity index (χ3n) is 2.79. The van der Waals surface area contributed by atoms with Crippen LogP contribution in [0.4, 0.5) is 0 Å². The zero-order valence-electron chi connectivity index (χ0n) is 10.7. The minimum atomic E-state index is 0.0630. The van der Waals surface area contributed by atoms with Gasteiger partial charge in [-0.3, -0.25) is 4.99 Å². The molecule has 0 bridgehead atoms. The van der Waals surface area contributed by atoms with Gasteiger partial charge < -0.3 is 5.32 Å². The first-order valence-corrected chi connectivity index (χ1v) is 7.84. The van der Waals surface area contributed by atoms with E-state index in [9.17, 15) is 0 Å². The minimum Gasteiger partial charge on any atom is -0.358 e. The maximum atomic E-state index is 6.31. The highest BCUT2D eigenvalue weighted by molar-refractivity contribution is 8.14. The van der Waals surface area contributed by atoms with E-state index in [-0.39, 0.29) is 6.04 Å². The van der Waals surface area contributed by atoms with Crippen molar-refractivity contribution in [1.29, 1.82) is 0 Å². The number of nitrogens with one attached hydrogen (secondary N) is 1. The van der Waals surface area contributed by atoms with Gasteiger partial charge in [-0.15, -0.1) is 6.58 Å². The molecule has 1 aromatic carbocycles. The van der Waals surface area contributed by atoms with Gasteiger partial charge in [-0.05, 0) is 25.0 Å². The quantitative estimate of drug-likeness (QED) is 0.815. The van der Waals surface area contributed by atoms with Gasteiger partial charge in [0.1, 0.15) is 0 Å². The summed E-state index contributed by atoms with van der Waals surface area (Å²) in [6.45, 7) is 6.87. The molecule has 1 aromatic rings. The van der Waals surface area contributed by atoms with E-state index in [1.54, 1.807) is 17.8 Å². The molecule has 1 aliphatic rings. The van der Waals surface area contributed by atoms with Crippen LogP contribution in [0.5, 0.6) is 0 Å². The molecule has 2 rings (SSSR count). The summed E-state index contributed by atoms with van der Waals surface area (Å²) < 4.78 is 0. The van der Waals surface area contributed by atoms with Gasteiger partial charge in [0.2, 0.25) is 0 Å². The third-order valence-corrected chi connectivity index (χ3v) is 4.53. The highest BCUT2D eigenvalue weighted by Gasteiger charge is 2.19. The number of rotatable bonds is 4. The SMILES string of the molecule is C=C(C)CC(NC1=NCCS1)c1cccc(Cl)c1Cl. The van der Waals surface area contributed by atoms with Crippen LogP contribution in [0.1, 0.15) is 24.9 Å². The molecule has 0 saturated heterocycles. The van der Waals surface area contributed by atoms with Gasteiger partial charge >= 0.3 is 0 Å². The zero-order valence-corrected chi connectivity index (χ0v) is 13.1. The Balaban J connectivity index is 2.25. The molecule has 1 aliphatic heterocycles. The molecule has 5 heteroatoms. The molecule has 19 heavy (non-hydrogen) atoms. The van der Waals surface area contributed by atoms with Gasteiger partial charge in [-0.1, -0.05) is 52.7 Å². The van der Waals surface area contributed by atoms with E-state index >= 15 is 0 Å². The maximum Gasteiger partial charge on any atom is 0.157 e. The van der Waals surface area contributed by atoms with E-state index in [0.717, 1.165) is 35.0 Å². The molecule has 0 amide bonds. The summed E-state index contributed by atoms with van der Waals surface area (Å²) in [5.41, 5.74) is 2.09. The van der Waals surface area contributed by atoms with Crippen molar-refractivity contribution in [3.05, 3.63) is 46.0 Å². The first-order chi connectivity index (χ1) is 9.08. The monoisotopic (exact) mass is 314 g/mol. The second-order valence-electron chi connectivity index (χ2n) is 4.54. The van der Waals surface area contributed by atoms with Crippen LogP contribution in [0.15, 0.2) is 35.3 Å². The number of amidine groups is 1. The first kappa shape index (κ1) is 14.8. The molecule has 2 nitrogen and oxygen atoms in total. The van der Waals surface area contributed by atoms with Crippen molar-refractivity contribution in [2.75, 3.05) is 12.3 Å². The van der Waals surface area contributed by atoms with Gasteiger partial charge in [0.25, 0.3) is 0 Å². The summed E-state index contributed by atoms with van der Waals surface area (Å²) in [6.07, 6.45) is 0.805. The van der Waals surface area contributed by atoms with Crippen molar-refractivity contribution in [2.45, 2.75) is 19.4 Å². The fraction of sp³-hybridized carbons (Fsp3) is 0.357. The van der Waals surface area contributed by atoms with Crippen molar-refractivity contribution in [3.8, 4) is 0 Å². The number of hydrogen-bond acceptors (Lipinski definition) is 3. The van der Waals surface area contributed by atoms with Gasteiger partial charge in [0, 0.05) is 5.75 Å². The average molecular weight is 315 g/mol. The molecular weight excluding hydrogens is 299 g/mol. The molecule has 1 N–H and O–H groups in total. The van der Waals surface area contributed by atoms with Crippen molar-refractivity contribution in [1.82, 2.24) is 5.32 Å². The van der Waals surface area contributed by atoms with Crippen LogP contribution in [0.3, 0.4) is 0 Å². The van der Waals surface area contributed by atoms with E-state index in [0.29, 0.717) is 10.0 Å². The number of benzene rings is 1. The molecule has 0 aromatic heterocycles. The predicted octanol–water partition coefficient (Wildman–Crippen LogP) is 4.69. The Morgan fingerprint density at radius 3 is 2.95 bits per heavy atom. The first-order valence-electron chi connectivity index (χ1n) is 6.10. The number of hydrogen-bond donors (Lipinski definition) is 1. The summed E-state index contributed by atoms with van der Waals surface area (Å²) in [5, 5.41) is 5.60. The summed E-state index contributed by atoms with van der Waals surface area (Å²) in [5.74, 6) is 1.03. The van der Waals surface area contributed by atoms with Crippen molar-refractivity contribution in [3.63, 3.8) is 0 Å². The summed E-state index contributed by atoms with van der Waals surface area (Å²) in [4.78, 5) is 4.42. The van der Waals surface area contributed by atoms with Crippen molar-refractivity contribution >= 4 is 40.1 Å². The molecule has 1 unspecified atom stereocenters. The molecule has 1 heterocycles. The lowest BCUT2D eigenvalue weighted by molar-refractivity contribution is 0.645. The maximum absolute atomic E-state index is 6.31. The van der Waals surface area contributed by atoms with E-state index < -0.39 is 0 Å². The number of halogens is 2. The van der Waals surface area contributed by atoms with E-state index in [4.69, 9.17) is 23.2 Å². The molecule has 0 aliphatic carbocycles. The summed E-state index contributed by atoms with van der Waals surface area (Å²) in [7, 11) is 0. The zero-order chi connectivity index (χ0) is 13.8. The van der Waals surface area contributed by atoms with E-state index in [1.807, 2.05) is 19.1 Å². The predicted molar refractivity (Wildman–Crippen MR) is 86.5 cm³/mol. The van der Waals surface area contributed by atoms with Crippen LogP contribution in [-0.2, 0) is 0 Å². The Morgan fingerprint density at radius 2 is 2.32 bits per heavy atom. The smallest absolute Gasteiger partial charge is 0.157 e. The van der Waals surface area contributed by atoms with Crippen molar-refractivity contribution in [2.24, 2.45) is 4.99 Å². The average Bonchev–Trinajstić information content (AvgIpc) is 2.84. The minimum absolute atomic E-state index is 0.0630. The van der Waals surface area contributed by atoms with Crippen LogP contribution in [0.25, 0.3) is 0 Å². The fourth-order valence-electron chi connectivity index (χ4n) is 1.95. The second kappa shape index (κ2) is 6.69. The highest BCUT2D eigenvalue weighted by atomic mass is 35.5. The van der Waals surface area contributed by atoms with Crippen molar-refractivity contribution < 1.29 is 0 Å². The van der Waals surface area contributed by atoms with Crippen LogP contribution in [-0.4, -0.2) is 17.5 Å². The lowest BCUT2D eigenvalue weighted by Crippen LogP contribution is -2.25. The molecule has 102 valence electrons. The van der Waals surface area contributed by atoms with E-state index in [1.165, 1.54) is 0 Å². The Hall–Kier alpha value is -0.640.